The van der Waals surface area contributed by atoms with Crippen LogP contribution in [0.25, 0.3) is 0 Å². The molecule has 2 fully saturated rings. The van der Waals surface area contributed by atoms with Crippen molar-refractivity contribution in [2.75, 3.05) is 0 Å². The fraction of sp³-hybridized carbons (Fsp3) is 0.769. The van der Waals surface area contributed by atoms with Crippen molar-refractivity contribution >= 4 is 8.80 Å². The van der Waals surface area contributed by atoms with E-state index in [0.717, 1.165) is 30.2 Å². The quantitative estimate of drug-likeness (QED) is 0.288. The molecule has 0 radical (unpaired) electrons. The van der Waals surface area contributed by atoms with E-state index < -0.39 is 8.80 Å². The summed E-state index contributed by atoms with van der Waals surface area (Å²) in [5.41, 5.74) is 2.17. The number of halogens is 1. The Morgan fingerprint density at radius 3 is 2.29 bits per heavy atom. The third-order valence-electron chi connectivity index (χ3n) is 7.93. The molecule has 1 aromatic carbocycles. The van der Waals surface area contributed by atoms with Crippen LogP contribution in [0.15, 0.2) is 18.2 Å². The molecule has 3 rings (SSSR count). The summed E-state index contributed by atoms with van der Waals surface area (Å²) in [5, 5.41) is 0. The zero-order chi connectivity index (χ0) is 19.8. The van der Waals surface area contributed by atoms with Gasteiger partial charge in [0.25, 0.3) is 0 Å². The Labute approximate surface area is 175 Å². The van der Waals surface area contributed by atoms with Crippen LogP contribution in [0, 0.1) is 17.7 Å². The van der Waals surface area contributed by atoms with Crippen molar-refractivity contribution in [1.29, 1.82) is 0 Å². The maximum atomic E-state index is 14.3. The van der Waals surface area contributed by atoms with E-state index in [0.29, 0.717) is 5.92 Å². The number of unbranched alkanes of at least 4 members (excludes halogenated alkanes) is 1. The maximum absolute atomic E-state index is 14.3. The normalized spacial score (nSPS) is 28.4. The molecular weight excluding hydrogens is 359 g/mol. The topological polar surface area (TPSA) is 0 Å². The van der Waals surface area contributed by atoms with Gasteiger partial charge in [-0.25, -0.2) is 4.39 Å². The number of hydrogen-bond donors (Lipinski definition) is 0. The standard InChI is InChI=1S/C26H43FSi/c1-3-7-24-13-14-25(20-26(24)27)23-15-18-28(19-16-23)17-6-5-8-22-11-9-21(4-2)10-12-22/h13-14,20-23,28H,3-12,15-19H2,1-2H3/t21-,22-,23?,28?. The zero-order valence-corrected chi connectivity index (χ0v) is 19.7. The van der Waals surface area contributed by atoms with Crippen LogP contribution in [0.1, 0.15) is 102 Å². The van der Waals surface area contributed by atoms with Crippen molar-refractivity contribution in [2.45, 2.75) is 115 Å². The Kier molecular flexibility index (Phi) is 9.08. The first-order valence-corrected chi connectivity index (χ1v) is 14.9. The smallest absolute Gasteiger partial charge is 0.126 e. The minimum Gasteiger partial charge on any atom is -0.207 e. The molecule has 0 spiro atoms. The summed E-state index contributed by atoms with van der Waals surface area (Å²) in [6.45, 7) is 4.48. The summed E-state index contributed by atoms with van der Waals surface area (Å²) < 4.78 is 14.3. The SMILES string of the molecule is CCCc1ccc(C2CC[SiH](CCCC[C@H]3CC[C@H](CC)CC3)CC2)cc1F. The molecular formula is C26H43FSi. The largest absolute Gasteiger partial charge is 0.207 e. The molecule has 2 aliphatic rings. The van der Waals surface area contributed by atoms with Gasteiger partial charge in [0.15, 0.2) is 0 Å². The lowest BCUT2D eigenvalue weighted by atomic mass is 9.79. The minimum absolute atomic E-state index is 0.0340. The average Bonchev–Trinajstić information content (AvgIpc) is 2.74. The lowest BCUT2D eigenvalue weighted by Gasteiger charge is -2.29. The van der Waals surface area contributed by atoms with Crippen LogP contribution in [0.3, 0.4) is 0 Å². The van der Waals surface area contributed by atoms with Gasteiger partial charge in [0, 0.05) is 8.80 Å². The summed E-state index contributed by atoms with van der Waals surface area (Å²) in [5.74, 6) is 2.75. The van der Waals surface area contributed by atoms with E-state index >= 15 is 0 Å². The van der Waals surface area contributed by atoms with Gasteiger partial charge in [-0.05, 0) is 54.2 Å². The molecule has 1 saturated heterocycles. The predicted molar refractivity (Wildman–Crippen MR) is 124 cm³/mol. The van der Waals surface area contributed by atoms with Crippen molar-refractivity contribution in [3.8, 4) is 0 Å². The molecule has 1 aliphatic carbocycles. The first-order chi connectivity index (χ1) is 13.7. The van der Waals surface area contributed by atoms with Crippen LogP contribution in [-0.4, -0.2) is 8.80 Å². The molecule has 0 nitrogen and oxygen atoms in total. The summed E-state index contributed by atoms with van der Waals surface area (Å²) >= 11 is 0. The molecule has 0 amide bonds. The van der Waals surface area contributed by atoms with Gasteiger partial charge in [0.05, 0.1) is 0 Å². The van der Waals surface area contributed by atoms with Crippen LogP contribution in [-0.2, 0) is 6.42 Å². The van der Waals surface area contributed by atoms with Crippen molar-refractivity contribution < 1.29 is 4.39 Å². The van der Waals surface area contributed by atoms with Crippen molar-refractivity contribution in [2.24, 2.45) is 11.8 Å². The van der Waals surface area contributed by atoms with Gasteiger partial charge < -0.3 is 0 Å². The molecule has 0 aromatic heterocycles. The van der Waals surface area contributed by atoms with Gasteiger partial charge in [-0.3, -0.25) is 0 Å². The van der Waals surface area contributed by atoms with Crippen LogP contribution in [0.2, 0.25) is 18.1 Å². The third kappa shape index (κ3) is 6.44. The number of benzene rings is 1. The Morgan fingerprint density at radius 2 is 1.64 bits per heavy atom. The number of aryl methyl sites for hydroxylation is 1. The Morgan fingerprint density at radius 1 is 0.929 bits per heavy atom. The Hall–Kier alpha value is -0.633. The van der Waals surface area contributed by atoms with Gasteiger partial charge >= 0.3 is 0 Å². The summed E-state index contributed by atoms with van der Waals surface area (Å²) in [6, 6.07) is 10.7. The third-order valence-corrected chi connectivity index (χ3v) is 11.5. The van der Waals surface area contributed by atoms with Crippen molar-refractivity contribution in [3.05, 3.63) is 35.1 Å². The van der Waals surface area contributed by atoms with Crippen molar-refractivity contribution in [1.82, 2.24) is 0 Å². The highest BCUT2D eigenvalue weighted by Gasteiger charge is 2.24. The Balaban J connectivity index is 1.32. The first kappa shape index (κ1) is 22.1. The highest BCUT2D eigenvalue weighted by atomic mass is 28.3. The van der Waals surface area contributed by atoms with Crippen LogP contribution in [0.4, 0.5) is 4.39 Å². The van der Waals surface area contributed by atoms with Gasteiger partial charge in [-0.1, -0.05) is 102 Å². The highest BCUT2D eigenvalue weighted by Crippen LogP contribution is 2.37. The lowest BCUT2D eigenvalue weighted by molar-refractivity contribution is 0.255. The second kappa shape index (κ2) is 11.5. The second-order valence-corrected chi connectivity index (χ2v) is 13.4. The van der Waals surface area contributed by atoms with Gasteiger partial charge in [0.2, 0.25) is 0 Å². The van der Waals surface area contributed by atoms with Crippen molar-refractivity contribution in [3.63, 3.8) is 0 Å². The molecule has 0 unspecified atom stereocenters. The molecule has 1 saturated carbocycles. The highest BCUT2D eigenvalue weighted by molar-refractivity contribution is 6.59. The molecule has 0 N–H and O–H groups in total. The number of rotatable bonds is 9. The van der Waals surface area contributed by atoms with Gasteiger partial charge in [-0.2, -0.15) is 0 Å². The maximum Gasteiger partial charge on any atom is 0.126 e. The predicted octanol–water partition coefficient (Wildman–Crippen LogP) is 8.27. The van der Waals surface area contributed by atoms with Gasteiger partial charge in [0.1, 0.15) is 5.82 Å². The van der Waals surface area contributed by atoms with E-state index in [-0.39, 0.29) is 5.82 Å². The second-order valence-electron chi connectivity index (χ2n) is 9.90. The van der Waals surface area contributed by atoms with Gasteiger partial charge in [-0.15, -0.1) is 0 Å². The number of hydrogen-bond acceptors (Lipinski definition) is 0. The van der Waals surface area contributed by atoms with E-state index in [1.807, 2.05) is 12.1 Å². The van der Waals surface area contributed by atoms with Crippen LogP contribution in [0.5, 0.6) is 0 Å². The molecule has 2 heteroatoms. The molecule has 0 bridgehead atoms. The zero-order valence-electron chi connectivity index (χ0n) is 18.5. The fourth-order valence-corrected chi connectivity index (χ4v) is 9.35. The monoisotopic (exact) mass is 402 g/mol. The van der Waals surface area contributed by atoms with E-state index in [1.54, 1.807) is 6.04 Å². The average molecular weight is 403 g/mol. The van der Waals surface area contributed by atoms with Crippen LogP contribution >= 0.6 is 0 Å². The first-order valence-electron chi connectivity index (χ1n) is 12.5. The summed E-state index contributed by atoms with van der Waals surface area (Å²) in [7, 11) is -0.505. The van der Waals surface area contributed by atoms with Crippen LogP contribution < -0.4 is 0 Å². The van der Waals surface area contributed by atoms with E-state index in [2.05, 4.69) is 19.9 Å². The molecule has 0 atom stereocenters. The molecule has 28 heavy (non-hydrogen) atoms. The molecule has 1 aromatic rings. The summed E-state index contributed by atoms with van der Waals surface area (Å²) in [4.78, 5) is 0. The van der Waals surface area contributed by atoms with E-state index in [4.69, 9.17) is 0 Å². The molecule has 1 heterocycles. The molecule has 158 valence electrons. The van der Waals surface area contributed by atoms with E-state index in [1.165, 1.54) is 81.9 Å². The summed E-state index contributed by atoms with van der Waals surface area (Å²) in [6.07, 6.45) is 16.4. The fourth-order valence-electron chi connectivity index (χ4n) is 5.87. The molecule has 1 aliphatic heterocycles. The lowest BCUT2D eigenvalue weighted by Crippen LogP contribution is -2.20. The minimum atomic E-state index is -0.505. The Bertz CT molecular complexity index is 568. The van der Waals surface area contributed by atoms with E-state index in [9.17, 15) is 4.39 Å².